The molecule has 1 aromatic rings. The number of rotatable bonds is 6. The number of hydrogen-bond donors (Lipinski definition) is 2. The molecular formula is C15H20O3. The Labute approximate surface area is 107 Å². The Morgan fingerprint density at radius 1 is 1.39 bits per heavy atom. The first kappa shape index (κ1) is 13.1. The van der Waals surface area contributed by atoms with Gasteiger partial charge >= 0.3 is 5.97 Å². The summed E-state index contributed by atoms with van der Waals surface area (Å²) in [6.45, 7) is 1.95. The third-order valence-corrected chi connectivity index (χ3v) is 3.84. The Morgan fingerprint density at radius 3 is 2.44 bits per heavy atom. The van der Waals surface area contributed by atoms with Crippen LogP contribution in [0.25, 0.3) is 0 Å². The standard InChI is InChI=1S/C15H20O3/c1-2-6-13(14(16)17)15(18,12-9-10-12)11-7-4-3-5-8-11/h3-5,7-8,12-13,18H,2,6,9-10H2,1H3,(H,16,17). The molecule has 1 aliphatic carbocycles. The lowest BCUT2D eigenvalue weighted by Gasteiger charge is -2.34. The molecule has 2 N–H and O–H groups in total. The number of benzene rings is 1. The highest BCUT2D eigenvalue weighted by Gasteiger charge is 2.52. The van der Waals surface area contributed by atoms with Gasteiger partial charge < -0.3 is 10.2 Å². The van der Waals surface area contributed by atoms with Gasteiger partial charge in [0.2, 0.25) is 0 Å². The second-order valence-corrected chi connectivity index (χ2v) is 5.15. The maximum absolute atomic E-state index is 11.5. The van der Waals surface area contributed by atoms with Gasteiger partial charge in [0, 0.05) is 0 Å². The summed E-state index contributed by atoms with van der Waals surface area (Å²) in [5.74, 6) is -1.51. The maximum Gasteiger partial charge on any atom is 0.309 e. The molecule has 1 aliphatic rings. The first-order valence-electron chi connectivity index (χ1n) is 6.61. The maximum atomic E-state index is 11.5. The molecule has 98 valence electrons. The summed E-state index contributed by atoms with van der Waals surface area (Å²) in [5.41, 5.74) is -0.461. The lowest BCUT2D eigenvalue weighted by atomic mass is 9.75. The first-order valence-corrected chi connectivity index (χ1v) is 6.61. The largest absolute Gasteiger partial charge is 0.481 e. The number of aliphatic hydroxyl groups is 1. The van der Waals surface area contributed by atoms with E-state index in [-0.39, 0.29) is 5.92 Å². The third kappa shape index (κ3) is 2.27. The van der Waals surface area contributed by atoms with Crippen LogP contribution in [0.5, 0.6) is 0 Å². The lowest BCUT2D eigenvalue weighted by Crippen LogP contribution is -2.42. The fourth-order valence-corrected chi connectivity index (χ4v) is 2.77. The molecule has 0 radical (unpaired) electrons. The van der Waals surface area contributed by atoms with Gasteiger partial charge in [-0.1, -0.05) is 43.7 Å². The molecule has 1 fully saturated rings. The Bertz CT molecular complexity index is 411. The number of hydrogen-bond acceptors (Lipinski definition) is 2. The van der Waals surface area contributed by atoms with Crippen molar-refractivity contribution >= 4 is 5.97 Å². The summed E-state index contributed by atoms with van der Waals surface area (Å²) in [6.07, 6.45) is 3.10. The van der Waals surface area contributed by atoms with Gasteiger partial charge in [0.15, 0.2) is 0 Å². The molecule has 3 nitrogen and oxygen atoms in total. The van der Waals surface area contributed by atoms with Crippen molar-refractivity contribution < 1.29 is 15.0 Å². The molecule has 3 heteroatoms. The number of carboxylic acids is 1. The van der Waals surface area contributed by atoms with Crippen LogP contribution < -0.4 is 0 Å². The zero-order chi connectivity index (χ0) is 13.2. The second kappa shape index (κ2) is 5.11. The van der Waals surface area contributed by atoms with Crippen molar-refractivity contribution in [3.05, 3.63) is 35.9 Å². The van der Waals surface area contributed by atoms with Crippen LogP contribution in [0, 0.1) is 11.8 Å². The fraction of sp³-hybridized carbons (Fsp3) is 0.533. The molecule has 2 atom stereocenters. The van der Waals surface area contributed by atoms with E-state index in [9.17, 15) is 15.0 Å². The van der Waals surface area contributed by atoms with Gasteiger partial charge in [-0.25, -0.2) is 0 Å². The molecule has 0 spiro atoms. The van der Waals surface area contributed by atoms with Crippen LogP contribution in [0.2, 0.25) is 0 Å². The highest BCUT2D eigenvalue weighted by molar-refractivity contribution is 5.72. The number of carboxylic acid groups (broad SMARTS) is 1. The average Bonchev–Trinajstić information content (AvgIpc) is 3.20. The first-order chi connectivity index (χ1) is 8.60. The summed E-state index contributed by atoms with van der Waals surface area (Å²) in [6, 6.07) is 9.27. The van der Waals surface area contributed by atoms with Crippen LogP contribution in [-0.4, -0.2) is 16.2 Å². The van der Waals surface area contributed by atoms with Crippen molar-refractivity contribution in [3.63, 3.8) is 0 Å². The minimum atomic E-state index is -1.21. The molecule has 0 saturated heterocycles. The normalized spacial score (nSPS) is 20.1. The van der Waals surface area contributed by atoms with Gasteiger partial charge in [0.1, 0.15) is 5.60 Å². The highest BCUT2D eigenvalue weighted by atomic mass is 16.4. The summed E-state index contributed by atoms with van der Waals surface area (Å²) in [4.78, 5) is 11.5. The zero-order valence-corrected chi connectivity index (χ0v) is 10.7. The molecule has 2 rings (SSSR count). The van der Waals surface area contributed by atoms with Crippen LogP contribution in [0.3, 0.4) is 0 Å². The van der Waals surface area contributed by atoms with E-state index in [1.54, 1.807) is 0 Å². The van der Waals surface area contributed by atoms with Crippen LogP contribution in [0.1, 0.15) is 38.2 Å². The van der Waals surface area contributed by atoms with E-state index in [4.69, 9.17) is 0 Å². The summed E-state index contributed by atoms with van der Waals surface area (Å²) >= 11 is 0. The van der Waals surface area contributed by atoms with E-state index in [0.29, 0.717) is 6.42 Å². The topological polar surface area (TPSA) is 57.5 Å². The zero-order valence-electron chi connectivity index (χ0n) is 10.7. The summed E-state index contributed by atoms with van der Waals surface area (Å²) < 4.78 is 0. The van der Waals surface area contributed by atoms with Gasteiger partial charge in [-0.15, -0.1) is 0 Å². The van der Waals surface area contributed by atoms with Crippen molar-refractivity contribution in [2.45, 2.75) is 38.2 Å². The van der Waals surface area contributed by atoms with Crippen LogP contribution in [-0.2, 0) is 10.4 Å². The minimum Gasteiger partial charge on any atom is -0.481 e. The Morgan fingerprint density at radius 2 is 2.00 bits per heavy atom. The van der Waals surface area contributed by atoms with Gasteiger partial charge in [-0.2, -0.15) is 0 Å². The van der Waals surface area contributed by atoms with E-state index in [1.165, 1.54) is 0 Å². The second-order valence-electron chi connectivity index (χ2n) is 5.15. The van der Waals surface area contributed by atoms with E-state index < -0.39 is 17.5 Å². The van der Waals surface area contributed by atoms with Crippen molar-refractivity contribution in [3.8, 4) is 0 Å². The molecule has 0 aromatic heterocycles. The van der Waals surface area contributed by atoms with Crippen LogP contribution in [0.4, 0.5) is 0 Å². The monoisotopic (exact) mass is 248 g/mol. The molecule has 1 aromatic carbocycles. The van der Waals surface area contributed by atoms with Crippen molar-refractivity contribution in [1.29, 1.82) is 0 Å². The fourth-order valence-electron chi connectivity index (χ4n) is 2.77. The molecule has 1 saturated carbocycles. The van der Waals surface area contributed by atoms with Crippen LogP contribution >= 0.6 is 0 Å². The molecule has 2 unspecified atom stereocenters. The highest BCUT2D eigenvalue weighted by Crippen LogP contribution is 2.51. The molecule has 18 heavy (non-hydrogen) atoms. The third-order valence-electron chi connectivity index (χ3n) is 3.84. The van der Waals surface area contributed by atoms with E-state index in [0.717, 1.165) is 24.8 Å². The SMILES string of the molecule is CCCC(C(=O)O)C(O)(c1ccccc1)C1CC1. The van der Waals surface area contributed by atoms with E-state index in [1.807, 2.05) is 37.3 Å². The van der Waals surface area contributed by atoms with Crippen LogP contribution in [0.15, 0.2) is 30.3 Å². The lowest BCUT2D eigenvalue weighted by molar-refractivity contribution is -0.156. The quantitative estimate of drug-likeness (QED) is 0.814. The molecule has 0 heterocycles. The van der Waals surface area contributed by atoms with Crippen molar-refractivity contribution in [2.75, 3.05) is 0 Å². The Hall–Kier alpha value is -1.35. The average molecular weight is 248 g/mol. The minimum absolute atomic E-state index is 0.0903. The Balaban J connectivity index is 2.39. The Kier molecular flexibility index (Phi) is 3.71. The van der Waals surface area contributed by atoms with Gasteiger partial charge in [-0.3, -0.25) is 4.79 Å². The molecular weight excluding hydrogens is 228 g/mol. The van der Waals surface area contributed by atoms with Gasteiger partial charge in [0.05, 0.1) is 5.92 Å². The smallest absolute Gasteiger partial charge is 0.309 e. The van der Waals surface area contributed by atoms with Crippen molar-refractivity contribution in [2.24, 2.45) is 11.8 Å². The number of aliphatic carboxylic acids is 1. The molecule has 0 bridgehead atoms. The molecule has 0 amide bonds. The number of carbonyl (C=O) groups is 1. The summed E-state index contributed by atoms with van der Waals surface area (Å²) in [5, 5.41) is 20.4. The summed E-state index contributed by atoms with van der Waals surface area (Å²) in [7, 11) is 0. The van der Waals surface area contributed by atoms with Gasteiger partial charge in [-0.05, 0) is 30.7 Å². The van der Waals surface area contributed by atoms with Gasteiger partial charge in [0.25, 0.3) is 0 Å². The van der Waals surface area contributed by atoms with E-state index in [2.05, 4.69) is 0 Å². The predicted octanol–water partition coefficient (Wildman–Crippen LogP) is 2.79. The van der Waals surface area contributed by atoms with E-state index >= 15 is 0 Å². The van der Waals surface area contributed by atoms with Crippen molar-refractivity contribution in [1.82, 2.24) is 0 Å². The predicted molar refractivity (Wildman–Crippen MR) is 69.1 cm³/mol. The molecule has 0 aliphatic heterocycles.